The van der Waals surface area contributed by atoms with Gasteiger partial charge in [0.1, 0.15) is 23.0 Å². The number of fused-ring (bicyclic) bond motifs is 1. The van der Waals surface area contributed by atoms with Gasteiger partial charge in [0, 0.05) is 5.56 Å². The molecule has 1 aromatic heterocycles. The van der Waals surface area contributed by atoms with Gasteiger partial charge in [-0.3, -0.25) is 5.32 Å². The fourth-order valence-corrected chi connectivity index (χ4v) is 2.99. The third-order valence-electron chi connectivity index (χ3n) is 4.12. The molecule has 0 aliphatic carbocycles. The van der Waals surface area contributed by atoms with Crippen LogP contribution in [0.25, 0.3) is 11.3 Å². The first kappa shape index (κ1) is 18.5. The number of nitrogens with zero attached hydrogens (tertiary/aromatic N) is 2. The highest BCUT2D eigenvalue weighted by Gasteiger charge is 2.34. The first-order valence-electron chi connectivity index (χ1n) is 8.52. The Morgan fingerprint density at radius 3 is 2.59 bits per heavy atom. The third-order valence-corrected chi connectivity index (χ3v) is 4.12. The normalized spacial score (nSPS) is 15.2. The molecule has 2 heterocycles. The van der Waals surface area contributed by atoms with Crippen LogP contribution in [0.5, 0.6) is 0 Å². The number of nitrogens with one attached hydrogen (secondary N) is 1. The van der Waals surface area contributed by atoms with Crippen molar-refractivity contribution >= 4 is 17.9 Å². The van der Waals surface area contributed by atoms with Crippen molar-refractivity contribution in [2.24, 2.45) is 0 Å². The van der Waals surface area contributed by atoms with E-state index in [0.717, 1.165) is 5.56 Å². The van der Waals surface area contributed by atoms with Gasteiger partial charge in [0.15, 0.2) is 0 Å². The molecular weight excluding hydrogens is 346 g/mol. The molecule has 1 aliphatic rings. The molecule has 0 radical (unpaired) electrons. The summed E-state index contributed by atoms with van der Waals surface area (Å²) in [5, 5.41) is 12.1. The van der Waals surface area contributed by atoms with Crippen molar-refractivity contribution in [3.05, 3.63) is 41.6 Å². The van der Waals surface area contributed by atoms with E-state index in [1.165, 1.54) is 4.57 Å². The molecular formula is C20H21N3O4. The second-order valence-corrected chi connectivity index (χ2v) is 7.82. The van der Waals surface area contributed by atoms with Gasteiger partial charge in [-0.15, -0.1) is 0 Å². The van der Waals surface area contributed by atoms with E-state index in [2.05, 4.69) is 5.32 Å². The summed E-state index contributed by atoms with van der Waals surface area (Å²) in [4.78, 5) is 24.3. The Morgan fingerprint density at radius 2 is 1.96 bits per heavy atom. The quantitative estimate of drug-likeness (QED) is 0.794. The van der Waals surface area contributed by atoms with Gasteiger partial charge in [-0.2, -0.15) is 5.26 Å². The second kappa shape index (κ2) is 6.16. The van der Waals surface area contributed by atoms with Crippen molar-refractivity contribution in [1.29, 1.82) is 5.26 Å². The number of amides is 1. The van der Waals surface area contributed by atoms with E-state index in [9.17, 15) is 14.9 Å². The van der Waals surface area contributed by atoms with Gasteiger partial charge >= 0.3 is 12.2 Å². The van der Waals surface area contributed by atoms with Crippen LogP contribution >= 0.6 is 0 Å². The molecule has 7 heteroatoms. The maximum atomic E-state index is 12.7. The zero-order chi connectivity index (χ0) is 20.0. The lowest BCUT2D eigenvalue weighted by molar-refractivity contribution is 0.0420. The average molecular weight is 367 g/mol. The molecule has 0 spiro atoms. The maximum absolute atomic E-state index is 12.7. The van der Waals surface area contributed by atoms with Crippen LogP contribution < -0.4 is 5.32 Å². The van der Waals surface area contributed by atoms with E-state index in [4.69, 9.17) is 9.47 Å². The number of rotatable bonds is 1. The molecule has 1 aromatic carbocycles. The first-order valence-corrected chi connectivity index (χ1v) is 8.52. The van der Waals surface area contributed by atoms with E-state index in [1.807, 2.05) is 12.1 Å². The molecule has 0 bridgehead atoms. The van der Waals surface area contributed by atoms with Crippen LogP contribution in [0.1, 0.15) is 45.9 Å². The van der Waals surface area contributed by atoms with Crippen LogP contribution in [0.2, 0.25) is 0 Å². The van der Waals surface area contributed by atoms with Gasteiger partial charge in [0.25, 0.3) is 0 Å². The first-order chi connectivity index (χ1) is 12.5. The van der Waals surface area contributed by atoms with Crippen LogP contribution in [0, 0.1) is 11.3 Å². The molecule has 2 aromatic rings. The smallest absolute Gasteiger partial charge is 0.420 e. The zero-order valence-corrected chi connectivity index (χ0v) is 15.9. The summed E-state index contributed by atoms with van der Waals surface area (Å²) >= 11 is 0. The van der Waals surface area contributed by atoms with Gasteiger partial charge in [-0.25, -0.2) is 14.2 Å². The highest BCUT2D eigenvalue weighted by atomic mass is 16.6. The number of hydrogen-bond donors (Lipinski definition) is 1. The topological polar surface area (TPSA) is 93.3 Å². The number of benzene rings is 1. The van der Waals surface area contributed by atoms with Crippen molar-refractivity contribution < 1.29 is 19.1 Å². The Labute approximate surface area is 157 Å². The number of hydrogen-bond acceptors (Lipinski definition) is 5. The van der Waals surface area contributed by atoms with Crippen LogP contribution in [-0.2, 0) is 15.1 Å². The fourth-order valence-electron chi connectivity index (χ4n) is 2.99. The van der Waals surface area contributed by atoms with E-state index >= 15 is 0 Å². The molecule has 0 atom stereocenters. The van der Waals surface area contributed by atoms with Crippen molar-refractivity contribution in [2.45, 2.75) is 45.8 Å². The average Bonchev–Trinajstić information content (AvgIpc) is 2.96. The lowest BCUT2D eigenvalue weighted by Gasteiger charge is -2.32. The van der Waals surface area contributed by atoms with Gasteiger partial charge in [-0.05, 0) is 64.4 Å². The van der Waals surface area contributed by atoms with Crippen molar-refractivity contribution in [3.63, 3.8) is 0 Å². The summed E-state index contributed by atoms with van der Waals surface area (Å²) < 4.78 is 12.1. The Balaban J connectivity index is 2.11. The molecule has 1 aliphatic heterocycles. The molecule has 0 fully saturated rings. The van der Waals surface area contributed by atoms with Crippen LogP contribution in [0.3, 0.4) is 0 Å². The zero-order valence-electron chi connectivity index (χ0n) is 15.9. The summed E-state index contributed by atoms with van der Waals surface area (Å²) in [6.45, 7) is 8.88. The summed E-state index contributed by atoms with van der Waals surface area (Å²) in [5.41, 5.74) is 1.31. The predicted octanol–water partition coefficient (Wildman–Crippen LogP) is 4.61. The van der Waals surface area contributed by atoms with Gasteiger partial charge in [0.2, 0.25) is 0 Å². The lowest BCUT2D eigenvalue weighted by Crippen LogP contribution is -2.34. The fraction of sp³-hybridized carbons (Fsp3) is 0.350. The number of carbonyl (C=O) groups excluding carboxylic acids is 2. The van der Waals surface area contributed by atoms with Gasteiger partial charge in [0.05, 0.1) is 11.4 Å². The van der Waals surface area contributed by atoms with E-state index in [1.54, 1.807) is 58.9 Å². The van der Waals surface area contributed by atoms with Crippen molar-refractivity contribution in [2.75, 3.05) is 5.32 Å². The van der Waals surface area contributed by atoms with Gasteiger partial charge < -0.3 is 9.47 Å². The minimum atomic E-state index is -0.824. The summed E-state index contributed by atoms with van der Waals surface area (Å²) in [6.07, 6.45) is -1.13. The number of cyclic esters (lactones) is 1. The minimum absolute atomic E-state index is 0.181. The summed E-state index contributed by atoms with van der Waals surface area (Å²) in [7, 11) is 0. The minimum Gasteiger partial charge on any atom is -0.443 e. The SMILES string of the molecule is CC(C)(C)OC(=O)n1c(C#N)ccc1-c1ccc2c(c1)C(C)(C)OC(=O)N2. The predicted molar refractivity (Wildman–Crippen MR) is 99.3 cm³/mol. The number of carbonyl (C=O) groups is 2. The van der Waals surface area contributed by atoms with Crippen molar-refractivity contribution in [3.8, 4) is 17.3 Å². The van der Waals surface area contributed by atoms with E-state index < -0.39 is 23.4 Å². The molecule has 27 heavy (non-hydrogen) atoms. The molecule has 0 saturated heterocycles. The summed E-state index contributed by atoms with van der Waals surface area (Å²) in [6, 6.07) is 10.7. The number of ether oxygens (including phenoxy) is 2. The highest BCUT2D eigenvalue weighted by molar-refractivity contribution is 5.90. The summed E-state index contributed by atoms with van der Waals surface area (Å²) in [5.74, 6) is 0. The number of aromatic nitrogens is 1. The molecule has 0 unspecified atom stereocenters. The Bertz CT molecular complexity index is 974. The molecule has 1 N–H and O–H groups in total. The second-order valence-electron chi connectivity index (χ2n) is 7.82. The van der Waals surface area contributed by atoms with Crippen LogP contribution in [0.4, 0.5) is 15.3 Å². The Kier molecular flexibility index (Phi) is 4.23. The highest BCUT2D eigenvalue weighted by Crippen LogP contribution is 2.38. The largest absolute Gasteiger partial charge is 0.443 e. The number of anilines is 1. The standard InChI is InChI=1S/C20H21N3O4/c1-19(2,3)27-18(25)23-13(11-21)7-9-16(23)12-6-8-15-14(10-12)20(4,5)26-17(24)22-15/h6-10H,1-5H3,(H,22,24). The lowest BCUT2D eigenvalue weighted by atomic mass is 9.92. The monoisotopic (exact) mass is 367 g/mol. The third kappa shape index (κ3) is 3.51. The maximum Gasteiger partial charge on any atom is 0.420 e. The number of nitriles is 1. The molecule has 0 saturated carbocycles. The molecule has 3 rings (SSSR count). The van der Waals surface area contributed by atoms with Crippen molar-refractivity contribution in [1.82, 2.24) is 4.57 Å². The molecule has 140 valence electrons. The molecule has 1 amide bonds. The van der Waals surface area contributed by atoms with Crippen LogP contribution in [0.15, 0.2) is 30.3 Å². The Hall–Kier alpha value is -3.27. The van der Waals surface area contributed by atoms with Gasteiger partial charge in [-0.1, -0.05) is 6.07 Å². The van der Waals surface area contributed by atoms with Crippen LogP contribution in [-0.4, -0.2) is 22.4 Å². The van der Waals surface area contributed by atoms with E-state index in [0.29, 0.717) is 16.9 Å². The Morgan fingerprint density at radius 1 is 1.26 bits per heavy atom. The molecule has 7 nitrogen and oxygen atoms in total. The van der Waals surface area contributed by atoms with E-state index in [-0.39, 0.29) is 5.69 Å².